The van der Waals surface area contributed by atoms with Gasteiger partial charge in [0.15, 0.2) is 0 Å². The van der Waals surface area contributed by atoms with E-state index in [9.17, 15) is 0 Å². The lowest BCUT2D eigenvalue weighted by Gasteiger charge is -2.27. The Labute approximate surface area is 88.0 Å². The molecule has 0 unspecified atom stereocenters. The number of ether oxygens (including phenoxy) is 1. The normalized spacial score (nSPS) is 20.3. The molecule has 0 saturated carbocycles. The van der Waals surface area contributed by atoms with Crippen molar-refractivity contribution in [2.75, 3.05) is 18.8 Å². The van der Waals surface area contributed by atoms with Crippen LogP contribution in [0, 0.1) is 0 Å². The first-order valence-electron chi connectivity index (χ1n) is 5.05. The molecule has 3 heteroatoms. The maximum absolute atomic E-state index is 5.80. The van der Waals surface area contributed by atoms with E-state index in [1.165, 1.54) is 22.6 Å². The van der Waals surface area contributed by atoms with Crippen molar-refractivity contribution in [2.24, 2.45) is 0 Å². The second-order valence-electron chi connectivity index (χ2n) is 3.77. The highest BCUT2D eigenvalue weighted by Crippen LogP contribution is 2.34. The third-order valence-corrected chi connectivity index (χ3v) is 3.81. The van der Waals surface area contributed by atoms with Crippen LogP contribution in [0.1, 0.15) is 5.56 Å². The fraction of sp³-hybridized carbons (Fsp3) is 0.455. The van der Waals surface area contributed by atoms with Crippen molar-refractivity contribution in [3.05, 3.63) is 23.8 Å². The Hall–Kier alpha value is -0.670. The minimum Gasteiger partial charge on any atom is -0.488 e. The molecule has 14 heavy (non-hydrogen) atoms. The summed E-state index contributed by atoms with van der Waals surface area (Å²) in [6.07, 6.45) is 1.60. The second-order valence-corrected chi connectivity index (χ2v) is 4.90. The average molecular weight is 207 g/mol. The maximum Gasteiger partial charge on any atom is 0.123 e. The minimum absolute atomic E-state index is 0.388. The van der Waals surface area contributed by atoms with Gasteiger partial charge in [-0.25, -0.2) is 0 Å². The topological polar surface area (TPSA) is 21.3 Å². The molecule has 0 bridgehead atoms. The molecule has 2 aliphatic heterocycles. The first-order valence-corrected chi connectivity index (χ1v) is 6.03. The van der Waals surface area contributed by atoms with Crippen molar-refractivity contribution in [3.8, 4) is 5.75 Å². The third-order valence-electron chi connectivity index (χ3n) is 2.71. The zero-order chi connectivity index (χ0) is 9.38. The van der Waals surface area contributed by atoms with E-state index in [2.05, 4.69) is 23.5 Å². The van der Waals surface area contributed by atoms with Crippen LogP contribution in [0.25, 0.3) is 0 Å². The molecular weight excluding hydrogens is 194 g/mol. The average Bonchev–Trinajstić information content (AvgIpc) is 2.58. The van der Waals surface area contributed by atoms with Gasteiger partial charge < -0.3 is 10.1 Å². The molecule has 2 aliphatic rings. The summed E-state index contributed by atoms with van der Waals surface area (Å²) in [5, 5.41) is 3.20. The zero-order valence-corrected chi connectivity index (χ0v) is 8.77. The summed E-state index contributed by atoms with van der Waals surface area (Å²) < 4.78 is 5.80. The molecule has 2 heterocycles. The van der Waals surface area contributed by atoms with Crippen LogP contribution in [-0.2, 0) is 6.42 Å². The number of hydrogen-bond donors (Lipinski definition) is 1. The molecule has 0 aromatic heterocycles. The number of fused-ring (bicyclic) bond motifs is 1. The molecule has 0 atom stereocenters. The Morgan fingerprint density at radius 3 is 3.07 bits per heavy atom. The lowest BCUT2D eigenvalue weighted by molar-refractivity contribution is 0.142. The fourth-order valence-corrected chi connectivity index (χ4v) is 2.85. The smallest absolute Gasteiger partial charge is 0.123 e. The summed E-state index contributed by atoms with van der Waals surface area (Å²) in [6.45, 7) is 1.98. The van der Waals surface area contributed by atoms with Crippen molar-refractivity contribution < 1.29 is 4.74 Å². The largest absolute Gasteiger partial charge is 0.488 e. The molecule has 1 aromatic carbocycles. The Balaban J connectivity index is 1.78. The highest BCUT2D eigenvalue weighted by atomic mass is 32.2. The van der Waals surface area contributed by atoms with Gasteiger partial charge in [-0.3, -0.25) is 0 Å². The molecule has 0 radical (unpaired) electrons. The van der Waals surface area contributed by atoms with Gasteiger partial charge in [-0.2, -0.15) is 0 Å². The van der Waals surface area contributed by atoms with Gasteiger partial charge in [0.2, 0.25) is 0 Å². The van der Waals surface area contributed by atoms with Gasteiger partial charge in [-0.05, 0) is 24.1 Å². The summed E-state index contributed by atoms with van der Waals surface area (Å²) in [4.78, 5) is 1.41. The van der Waals surface area contributed by atoms with Crippen LogP contribution in [0.15, 0.2) is 23.1 Å². The van der Waals surface area contributed by atoms with E-state index in [4.69, 9.17) is 4.74 Å². The monoisotopic (exact) mass is 207 g/mol. The van der Waals surface area contributed by atoms with E-state index in [1.54, 1.807) is 0 Å². The predicted molar refractivity (Wildman–Crippen MR) is 58.2 cm³/mol. The van der Waals surface area contributed by atoms with Crippen molar-refractivity contribution >= 4 is 11.8 Å². The van der Waals surface area contributed by atoms with Crippen LogP contribution in [0.3, 0.4) is 0 Å². The Morgan fingerprint density at radius 2 is 2.29 bits per heavy atom. The lowest BCUT2D eigenvalue weighted by atomic mass is 10.1. The van der Waals surface area contributed by atoms with Crippen LogP contribution in [0.4, 0.5) is 0 Å². The number of aryl methyl sites for hydroxylation is 1. The summed E-state index contributed by atoms with van der Waals surface area (Å²) in [7, 11) is 0. The molecule has 3 rings (SSSR count). The molecule has 0 amide bonds. The van der Waals surface area contributed by atoms with Crippen molar-refractivity contribution in [3.63, 3.8) is 0 Å². The second kappa shape index (κ2) is 3.48. The molecular formula is C11H13NOS. The molecule has 2 nitrogen and oxygen atoms in total. The predicted octanol–water partition coefficient (Wildman–Crippen LogP) is 1.69. The maximum atomic E-state index is 5.80. The van der Waals surface area contributed by atoms with E-state index < -0.39 is 0 Å². The molecule has 1 fully saturated rings. The fourth-order valence-electron chi connectivity index (χ4n) is 1.76. The molecule has 74 valence electrons. The van der Waals surface area contributed by atoms with Crippen LogP contribution in [0.5, 0.6) is 5.75 Å². The lowest BCUT2D eigenvalue weighted by Crippen LogP contribution is -2.50. The summed E-state index contributed by atoms with van der Waals surface area (Å²) in [5.41, 5.74) is 1.48. The Kier molecular flexibility index (Phi) is 2.14. The first-order chi connectivity index (χ1) is 6.92. The zero-order valence-electron chi connectivity index (χ0n) is 7.95. The van der Waals surface area contributed by atoms with Gasteiger partial charge in [-0.15, -0.1) is 11.8 Å². The minimum atomic E-state index is 0.388. The van der Waals surface area contributed by atoms with Crippen LogP contribution < -0.4 is 10.1 Å². The molecule has 1 N–H and O–H groups in total. The Morgan fingerprint density at radius 1 is 1.36 bits per heavy atom. The third kappa shape index (κ3) is 1.51. The van der Waals surface area contributed by atoms with E-state index in [0.717, 1.165) is 18.8 Å². The van der Waals surface area contributed by atoms with Gasteiger partial charge in [0.1, 0.15) is 11.9 Å². The summed E-state index contributed by atoms with van der Waals surface area (Å²) >= 11 is 1.94. The van der Waals surface area contributed by atoms with Gasteiger partial charge in [0.25, 0.3) is 0 Å². The molecule has 0 aliphatic carbocycles. The summed E-state index contributed by atoms with van der Waals surface area (Å²) in [5.74, 6) is 2.26. The van der Waals surface area contributed by atoms with Gasteiger partial charge >= 0.3 is 0 Å². The van der Waals surface area contributed by atoms with E-state index >= 15 is 0 Å². The quantitative estimate of drug-likeness (QED) is 0.797. The number of nitrogens with one attached hydrogen (secondary N) is 1. The standard InChI is InChI=1S/C11H13NOS/c1-2-9(13-10-6-12-7-10)5-11-8(1)3-4-14-11/h1-2,5,10,12H,3-4,6-7H2. The number of benzene rings is 1. The van der Waals surface area contributed by atoms with Crippen LogP contribution in [0.2, 0.25) is 0 Å². The molecule has 0 spiro atoms. The van der Waals surface area contributed by atoms with Crippen molar-refractivity contribution in [1.82, 2.24) is 5.32 Å². The van der Waals surface area contributed by atoms with Crippen molar-refractivity contribution in [1.29, 1.82) is 0 Å². The van der Waals surface area contributed by atoms with E-state index in [-0.39, 0.29) is 0 Å². The number of rotatable bonds is 2. The van der Waals surface area contributed by atoms with Gasteiger partial charge in [-0.1, -0.05) is 6.07 Å². The van der Waals surface area contributed by atoms with E-state index in [1.807, 2.05) is 11.8 Å². The van der Waals surface area contributed by atoms with Crippen LogP contribution >= 0.6 is 11.8 Å². The van der Waals surface area contributed by atoms with Crippen molar-refractivity contribution in [2.45, 2.75) is 17.4 Å². The summed E-state index contributed by atoms with van der Waals surface area (Å²) in [6, 6.07) is 6.49. The molecule has 1 aromatic rings. The van der Waals surface area contributed by atoms with Gasteiger partial charge in [0, 0.05) is 23.7 Å². The number of hydrogen-bond acceptors (Lipinski definition) is 3. The number of thioether (sulfide) groups is 1. The Bertz CT molecular complexity index is 349. The first kappa shape index (κ1) is 8.62. The SMILES string of the molecule is c1cc2c(cc1OC1CNC1)SCC2. The van der Waals surface area contributed by atoms with E-state index in [0.29, 0.717) is 6.10 Å². The van der Waals surface area contributed by atoms with Gasteiger partial charge in [0.05, 0.1) is 0 Å². The molecule has 1 saturated heterocycles. The van der Waals surface area contributed by atoms with Crippen LogP contribution in [-0.4, -0.2) is 24.9 Å². The highest BCUT2D eigenvalue weighted by Gasteiger charge is 2.19. The highest BCUT2D eigenvalue weighted by molar-refractivity contribution is 7.99.